The van der Waals surface area contributed by atoms with Crippen molar-refractivity contribution in [3.8, 4) is 17.0 Å². The molecule has 0 amide bonds. The fraction of sp³-hybridized carbons (Fsp3) is 0.267. The van der Waals surface area contributed by atoms with Crippen LogP contribution in [0.2, 0.25) is 5.02 Å². The van der Waals surface area contributed by atoms with E-state index in [9.17, 15) is 0 Å². The third-order valence-electron chi connectivity index (χ3n) is 2.86. The molecule has 1 N–H and O–H groups in total. The molecule has 0 aliphatic rings. The molecule has 4 heteroatoms. The molecule has 0 atom stereocenters. The van der Waals surface area contributed by atoms with Crippen LogP contribution in [0, 0.1) is 0 Å². The van der Waals surface area contributed by atoms with Crippen LogP contribution in [-0.2, 0) is 6.54 Å². The fourth-order valence-corrected chi connectivity index (χ4v) is 2.18. The van der Waals surface area contributed by atoms with Crippen LogP contribution >= 0.6 is 11.6 Å². The Hall–Kier alpha value is -1.58. The predicted molar refractivity (Wildman–Crippen MR) is 78.6 cm³/mol. The van der Waals surface area contributed by atoms with Gasteiger partial charge in [-0.3, -0.25) is 4.98 Å². The number of methoxy groups -OCH3 is 1. The molecule has 100 valence electrons. The molecule has 0 spiro atoms. The average molecular weight is 277 g/mol. The van der Waals surface area contributed by atoms with Gasteiger partial charge in [0.15, 0.2) is 0 Å². The lowest BCUT2D eigenvalue weighted by Gasteiger charge is -2.10. The number of hydrogen-bond donors (Lipinski definition) is 1. The van der Waals surface area contributed by atoms with Gasteiger partial charge >= 0.3 is 0 Å². The normalized spacial score (nSPS) is 10.5. The van der Waals surface area contributed by atoms with E-state index in [1.165, 1.54) is 0 Å². The molecule has 0 bridgehead atoms. The maximum absolute atomic E-state index is 6.35. The summed E-state index contributed by atoms with van der Waals surface area (Å²) in [7, 11) is 1.63. The van der Waals surface area contributed by atoms with Gasteiger partial charge in [0.05, 0.1) is 12.1 Å². The van der Waals surface area contributed by atoms with Gasteiger partial charge in [0.1, 0.15) is 11.4 Å². The summed E-state index contributed by atoms with van der Waals surface area (Å²) in [6, 6.07) is 9.73. The van der Waals surface area contributed by atoms with Crippen LogP contribution in [0.4, 0.5) is 0 Å². The lowest BCUT2D eigenvalue weighted by Crippen LogP contribution is -2.11. The molecule has 0 aliphatic carbocycles. The summed E-state index contributed by atoms with van der Waals surface area (Å²) >= 11 is 6.35. The summed E-state index contributed by atoms with van der Waals surface area (Å²) in [6.45, 7) is 3.83. The third-order valence-corrected chi connectivity index (χ3v) is 3.17. The summed E-state index contributed by atoms with van der Waals surface area (Å²) in [5, 5.41) is 3.96. The molecule has 0 saturated heterocycles. The standard InChI is InChI=1S/C15H17ClN2O/c1-3-17-10-11-6-7-12(13(16)9-11)15-14(19-2)5-4-8-18-15/h4-9,17H,3,10H2,1-2H3. The summed E-state index contributed by atoms with van der Waals surface area (Å²) in [6.07, 6.45) is 1.74. The molecule has 3 nitrogen and oxygen atoms in total. The third kappa shape index (κ3) is 3.25. The van der Waals surface area contributed by atoms with Crippen molar-refractivity contribution in [2.24, 2.45) is 0 Å². The van der Waals surface area contributed by atoms with Crippen molar-refractivity contribution in [3.63, 3.8) is 0 Å². The Balaban J connectivity index is 2.35. The minimum atomic E-state index is 0.687. The van der Waals surface area contributed by atoms with E-state index in [1.807, 2.05) is 24.3 Å². The highest BCUT2D eigenvalue weighted by Gasteiger charge is 2.10. The number of ether oxygens (including phenoxy) is 1. The van der Waals surface area contributed by atoms with Crippen LogP contribution in [0.1, 0.15) is 12.5 Å². The smallest absolute Gasteiger partial charge is 0.145 e. The maximum atomic E-state index is 6.35. The van der Waals surface area contributed by atoms with Crippen molar-refractivity contribution < 1.29 is 4.74 Å². The Morgan fingerprint density at radius 2 is 2.16 bits per heavy atom. The van der Waals surface area contributed by atoms with Crippen molar-refractivity contribution in [3.05, 3.63) is 47.1 Å². The molecule has 0 aliphatic heterocycles. The lowest BCUT2D eigenvalue weighted by molar-refractivity contribution is 0.415. The van der Waals surface area contributed by atoms with E-state index < -0.39 is 0 Å². The van der Waals surface area contributed by atoms with Crippen molar-refractivity contribution in [2.75, 3.05) is 13.7 Å². The molecule has 1 heterocycles. The zero-order chi connectivity index (χ0) is 13.7. The van der Waals surface area contributed by atoms with E-state index in [4.69, 9.17) is 16.3 Å². The van der Waals surface area contributed by atoms with Gasteiger partial charge < -0.3 is 10.1 Å². The quantitative estimate of drug-likeness (QED) is 0.907. The Labute approximate surface area is 118 Å². The Morgan fingerprint density at radius 1 is 1.32 bits per heavy atom. The molecule has 1 aromatic heterocycles. The minimum absolute atomic E-state index is 0.687. The largest absolute Gasteiger partial charge is 0.494 e. The molecule has 19 heavy (non-hydrogen) atoms. The van der Waals surface area contributed by atoms with Crippen LogP contribution in [0.5, 0.6) is 5.75 Å². The van der Waals surface area contributed by atoms with Gasteiger partial charge in [0.25, 0.3) is 0 Å². The van der Waals surface area contributed by atoms with Gasteiger partial charge in [-0.25, -0.2) is 0 Å². The topological polar surface area (TPSA) is 34.2 Å². The SMILES string of the molecule is CCNCc1ccc(-c2ncccc2OC)c(Cl)c1. The Bertz CT molecular complexity index is 558. The predicted octanol–water partition coefficient (Wildman–Crippen LogP) is 3.52. The first-order valence-electron chi connectivity index (χ1n) is 6.24. The summed E-state index contributed by atoms with van der Waals surface area (Å²) in [5.41, 5.74) is 2.81. The second kappa shape index (κ2) is 6.55. The molecule has 2 aromatic rings. The van der Waals surface area contributed by atoms with Crippen molar-refractivity contribution in [1.82, 2.24) is 10.3 Å². The lowest BCUT2D eigenvalue weighted by atomic mass is 10.1. The molecular formula is C15H17ClN2O. The minimum Gasteiger partial charge on any atom is -0.494 e. The summed E-state index contributed by atoms with van der Waals surface area (Å²) < 4.78 is 5.32. The van der Waals surface area contributed by atoms with E-state index in [-0.39, 0.29) is 0 Å². The molecule has 0 radical (unpaired) electrons. The molecule has 0 fully saturated rings. The van der Waals surface area contributed by atoms with E-state index in [0.29, 0.717) is 5.02 Å². The second-order valence-electron chi connectivity index (χ2n) is 4.15. The number of aromatic nitrogens is 1. The van der Waals surface area contributed by atoms with E-state index in [2.05, 4.69) is 23.3 Å². The van der Waals surface area contributed by atoms with Gasteiger partial charge in [0.2, 0.25) is 0 Å². The zero-order valence-corrected chi connectivity index (χ0v) is 11.9. The van der Waals surface area contributed by atoms with Gasteiger partial charge in [-0.15, -0.1) is 0 Å². The van der Waals surface area contributed by atoms with Crippen LogP contribution < -0.4 is 10.1 Å². The Kier molecular flexibility index (Phi) is 4.77. The number of pyridine rings is 1. The first-order chi connectivity index (χ1) is 9.26. The van der Waals surface area contributed by atoms with Crippen molar-refractivity contribution in [1.29, 1.82) is 0 Å². The highest BCUT2D eigenvalue weighted by atomic mass is 35.5. The molecule has 1 aromatic carbocycles. The number of hydrogen-bond acceptors (Lipinski definition) is 3. The second-order valence-corrected chi connectivity index (χ2v) is 4.56. The Morgan fingerprint density at radius 3 is 2.84 bits per heavy atom. The monoisotopic (exact) mass is 276 g/mol. The number of nitrogens with one attached hydrogen (secondary N) is 1. The average Bonchev–Trinajstić information content (AvgIpc) is 2.45. The van der Waals surface area contributed by atoms with E-state index in [1.54, 1.807) is 13.3 Å². The van der Waals surface area contributed by atoms with E-state index >= 15 is 0 Å². The fourth-order valence-electron chi connectivity index (χ4n) is 1.89. The van der Waals surface area contributed by atoms with Gasteiger partial charge in [-0.05, 0) is 30.3 Å². The first kappa shape index (κ1) is 13.8. The van der Waals surface area contributed by atoms with Crippen LogP contribution in [-0.4, -0.2) is 18.6 Å². The summed E-state index contributed by atoms with van der Waals surface area (Å²) in [5.74, 6) is 0.726. The van der Waals surface area contributed by atoms with Gasteiger partial charge in [0, 0.05) is 18.3 Å². The van der Waals surface area contributed by atoms with Crippen molar-refractivity contribution >= 4 is 11.6 Å². The number of nitrogens with zero attached hydrogens (tertiary/aromatic N) is 1. The number of halogens is 1. The summed E-state index contributed by atoms with van der Waals surface area (Å²) in [4.78, 5) is 4.35. The molecule has 2 rings (SSSR count). The van der Waals surface area contributed by atoms with Gasteiger partial charge in [-0.1, -0.05) is 30.7 Å². The molecular weight excluding hydrogens is 260 g/mol. The zero-order valence-electron chi connectivity index (χ0n) is 11.1. The first-order valence-corrected chi connectivity index (χ1v) is 6.62. The highest BCUT2D eigenvalue weighted by Crippen LogP contribution is 2.33. The molecule has 0 unspecified atom stereocenters. The maximum Gasteiger partial charge on any atom is 0.145 e. The number of rotatable bonds is 5. The van der Waals surface area contributed by atoms with Crippen LogP contribution in [0.3, 0.4) is 0 Å². The molecule has 0 saturated carbocycles. The van der Waals surface area contributed by atoms with Gasteiger partial charge in [-0.2, -0.15) is 0 Å². The van der Waals surface area contributed by atoms with E-state index in [0.717, 1.165) is 35.7 Å². The van der Waals surface area contributed by atoms with Crippen molar-refractivity contribution in [2.45, 2.75) is 13.5 Å². The number of benzene rings is 1. The highest BCUT2D eigenvalue weighted by molar-refractivity contribution is 6.33. The van der Waals surface area contributed by atoms with Crippen LogP contribution in [0.25, 0.3) is 11.3 Å². The van der Waals surface area contributed by atoms with Crippen LogP contribution in [0.15, 0.2) is 36.5 Å².